The number of hydrogen-bond donors (Lipinski definition) is 1. The zero-order chi connectivity index (χ0) is 17.3. The molecule has 0 bridgehead atoms. The van der Waals surface area contributed by atoms with Crippen LogP contribution in [0.25, 0.3) is 0 Å². The molecule has 2 heteroatoms. The average molecular weight is 296 g/mol. The molecule has 0 aromatic heterocycles. The first-order chi connectivity index (χ1) is 9.81. The fraction of sp³-hybridized carbons (Fsp3) is 0.632. The summed E-state index contributed by atoms with van der Waals surface area (Å²) in [5.74, 6) is 0.956. The van der Waals surface area contributed by atoms with Crippen LogP contribution < -0.4 is 5.32 Å². The van der Waals surface area contributed by atoms with E-state index in [2.05, 4.69) is 51.4 Å². The standard InChI is InChI=1S/C9H19NO.C8H14.C2H4/c1-5-7-10-9(3,4)8(11)6-2;1-4-5-6-7-8(2)3;1-2/h10H,5-7H2,1-4H3;4-8H,1-3H3;1-2H2/b;5-4-,7-6-;. The number of nitrogens with one attached hydrogen (secondary N) is 1. The highest BCUT2D eigenvalue weighted by Gasteiger charge is 2.23. The van der Waals surface area contributed by atoms with E-state index >= 15 is 0 Å². The van der Waals surface area contributed by atoms with Crippen molar-refractivity contribution in [2.75, 3.05) is 6.54 Å². The summed E-state index contributed by atoms with van der Waals surface area (Å²) in [5, 5.41) is 3.21. The molecule has 0 heterocycles. The van der Waals surface area contributed by atoms with E-state index in [1.54, 1.807) is 0 Å². The van der Waals surface area contributed by atoms with Gasteiger partial charge in [0.1, 0.15) is 0 Å². The molecule has 0 aliphatic heterocycles. The van der Waals surface area contributed by atoms with Gasteiger partial charge in [-0.2, -0.15) is 0 Å². The number of ketones is 1. The third-order valence-electron chi connectivity index (χ3n) is 2.63. The predicted molar refractivity (Wildman–Crippen MR) is 97.7 cm³/mol. The van der Waals surface area contributed by atoms with Gasteiger partial charge in [-0.1, -0.05) is 52.0 Å². The molecule has 0 amide bonds. The van der Waals surface area contributed by atoms with Gasteiger partial charge in [0.2, 0.25) is 0 Å². The number of carbonyl (C=O) groups excluding carboxylic acids is 1. The molecule has 0 unspecified atom stereocenters. The second-order valence-electron chi connectivity index (χ2n) is 5.48. The van der Waals surface area contributed by atoms with E-state index in [1.165, 1.54) is 0 Å². The summed E-state index contributed by atoms with van der Waals surface area (Å²) in [5.41, 5.74) is -0.329. The van der Waals surface area contributed by atoms with Crippen molar-refractivity contribution in [1.29, 1.82) is 0 Å². The van der Waals surface area contributed by atoms with Crippen molar-refractivity contribution in [1.82, 2.24) is 5.32 Å². The third kappa shape index (κ3) is 18.9. The van der Waals surface area contributed by atoms with Crippen molar-refractivity contribution in [2.45, 2.75) is 66.8 Å². The SMILES string of the molecule is C/C=C\C=C/C(C)C.C=C.CCCNC(C)(C)C(=O)CC. The van der Waals surface area contributed by atoms with E-state index in [4.69, 9.17) is 0 Å². The smallest absolute Gasteiger partial charge is 0.152 e. The Bertz CT molecular complexity index is 288. The van der Waals surface area contributed by atoms with Crippen LogP contribution in [0.3, 0.4) is 0 Å². The number of Topliss-reactive ketones (excluding diaryl/α,β-unsaturated/α-hetero) is 1. The first-order valence-electron chi connectivity index (χ1n) is 7.89. The Labute approximate surface area is 133 Å². The minimum absolute atomic E-state index is 0.283. The molecule has 0 aliphatic carbocycles. The van der Waals surface area contributed by atoms with Crippen LogP contribution in [0.4, 0.5) is 0 Å². The maximum absolute atomic E-state index is 11.3. The molecule has 0 spiro atoms. The molecule has 2 nitrogen and oxygen atoms in total. The van der Waals surface area contributed by atoms with Gasteiger partial charge in [-0.3, -0.25) is 4.79 Å². The summed E-state index contributed by atoms with van der Waals surface area (Å²) in [7, 11) is 0. The van der Waals surface area contributed by atoms with Crippen molar-refractivity contribution in [3.63, 3.8) is 0 Å². The Kier molecular flexibility index (Phi) is 20.0. The molecule has 124 valence electrons. The van der Waals surface area contributed by atoms with E-state index < -0.39 is 0 Å². The van der Waals surface area contributed by atoms with Gasteiger partial charge in [0.25, 0.3) is 0 Å². The molecule has 0 aliphatic rings. The van der Waals surface area contributed by atoms with Crippen molar-refractivity contribution < 1.29 is 4.79 Å². The lowest BCUT2D eigenvalue weighted by Gasteiger charge is -2.23. The van der Waals surface area contributed by atoms with Gasteiger partial charge >= 0.3 is 0 Å². The van der Waals surface area contributed by atoms with Crippen LogP contribution in [0.15, 0.2) is 37.5 Å². The van der Waals surface area contributed by atoms with E-state index in [9.17, 15) is 4.79 Å². The predicted octanol–water partition coefficient (Wildman–Crippen LogP) is 5.32. The zero-order valence-corrected chi connectivity index (χ0v) is 15.3. The third-order valence-corrected chi connectivity index (χ3v) is 2.63. The lowest BCUT2D eigenvalue weighted by Crippen LogP contribution is -2.46. The number of allylic oxidation sites excluding steroid dienone is 4. The zero-order valence-electron chi connectivity index (χ0n) is 15.3. The van der Waals surface area contributed by atoms with Crippen LogP contribution in [0, 0.1) is 5.92 Å². The highest BCUT2D eigenvalue weighted by Crippen LogP contribution is 2.05. The fourth-order valence-electron chi connectivity index (χ4n) is 1.38. The minimum atomic E-state index is -0.329. The first-order valence-corrected chi connectivity index (χ1v) is 7.89. The van der Waals surface area contributed by atoms with Crippen LogP contribution in [-0.2, 0) is 4.79 Å². The van der Waals surface area contributed by atoms with Crippen LogP contribution in [0.2, 0.25) is 0 Å². The molecule has 0 saturated carbocycles. The van der Waals surface area contributed by atoms with E-state index in [1.807, 2.05) is 39.8 Å². The number of rotatable bonds is 7. The van der Waals surface area contributed by atoms with Crippen LogP contribution >= 0.6 is 0 Å². The maximum Gasteiger partial charge on any atom is 0.152 e. The van der Waals surface area contributed by atoms with Gasteiger partial charge in [0.15, 0.2) is 5.78 Å². The first kappa shape index (κ1) is 24.8. The topological polar surface area (TPSA) is 29.1 Å². The Morgan fingerprint density at radius 1 is 1.19 bits per heavy atom. The summed E-state index contributed by atoms with van der Waals surface area (Å²) >= 11 is 0. The van der Waals surface area contributed by atoms with E-state index in [0.29, 0.717) is 12.3 Å². The van der Waals surface area contributed by atoms with Crippen molar-refractivity contribution in [3.8, 4) is 0 Å². The molecule has 0 rings (SSSR count). The quantitative estimate of drug-likeness (QED) is 0.508. The summed E-state index contributed by atoms with van der Waals surface area (Å²) in [6.07, 6.45) is 9.99. The van der Waals surface area contributed by atoms with Gasteiger partial charge in [-0.05, 0) is 39.7 Å². The summed E-state index contributed by atoms with van der Waals surface area (Å²) in [4.78, 5) is 11.3. The molecule has 0 aromatic rings. The molecule has 0 radical (unpaired) electrons. The molecular weight excluding hydrogens is 258 g/mol. The van der Waals surface area contributed by atoms with Crippen molar-refractivity contribution in [2.24, 2.45) is 5.92 Å². The van der Waals surface area contributed by atoms with Crippen LogP contribution in [0.1, 0.15) is 61.3 Å². The Morgan fingerprint density at radius 2 is 1.71 bits per heavy atom. The second kappa shape index (κ2) is 16.9. The Morgan fingerprint density at radius 3 is 2.05 bits per heavy atom. The van der Waals surface area contributed by atoms with E-state index in [0.717, 1.165) is 13.0 Å². The highest BCUT2D eigenvalue weighted by atomic mass is 16.1. The fourth-order valence-corrected chi connectivity index (χ4v) is 1.38. The minimum Gasteiger partial charge on any atom is -0.305 e. The maximum atomic E-state index is 11.3. The number of carbonyl (C=O) groups is 1. The molecule has 21 heavy (non-hydrogen) atoms. The molecule has 0 fully saturated rings. The molecular formula is C19H37NO. The number of hydrogen-bond acceptors (Lipinski definition) is 2. The van der Waals surface area contributed by atoms with Crippen molar-refractivity contribution >= 4 is 5.78 Å². The summed E-state index contributed by atoms with van der Waals surface area (Å²) < 4.78 is 0. The lowest BCUT2D eigenvalue weighted by atomic mass is 9.97. The molecule has 1 N–H and O–H groups in total. The molecule has 0 aromatic carbocycles. The normalized spacial score (nSPS) is 11.0. The molecule has 0 saturated heterocycles. The van der Waals surface area contributed by atoms with E-state index in [-0.39, 0.29) is 11.3 Å². The second-order valence-corrected chi connectivity index (χ2v) is 5.48. The van der Waals surface area contributed by atoms with Gasteiger partial charge in [0.05, 0.1) is 5.54 Å². The highest BCUT2D eigenvalue weighted by molar-refractivity contribution is 5.87. The van der Waals surface area contributed by atoms with Gasteiger partial charge in [-0.15, -0.1) is 13.2 Å². The van der Waals surface area contributed by atoms with Crippen molar-refractivity contribution in [3.05, 3.63) is 37.5 Å². The van der Waals surface area contributed by atoms with Gasteiger partial charge in [0, 0.05) is 6.42 Å². The van der Waals surface area contributed by atoms with Crippen LogP contribution in [-0.4, -0.2) is 17.9 Å². The molecule has 0 atom stereocenters. The monoisotopic (exact) mass is 295 g/mol. The van der Waals surface area contributed by atoms with Gasteiger partial charge < -0.3 is 5.32 Å². The Balaban J connectivity index is -0.000000286. The summed E-state index contributed by atoms with van der Waals surface area (Å²) in [6, 6.07) is 0. The largest absolute Gasteiger partial charge is 0.305 e. The average Bonchev–Trinajstić information content (AvgIpc) is 2.47. The van der Waals surface area contributed by atoms with Crippen LogP contribution in [0.5, 0.6) is 0 Å². The lowest BCUT2D eigenvalue weighted by molar-refractivity contribution is -0.123. The van der Waals surface area contributed by atoms with Gasteiger partial charge in [-0.25, -0.2) is 0 Å². The summed E-state index contributed by atoms with van der Waals surface area (Å²) in [6.45, 7) is 21.1. The Hall–Kier alpha value is -1.15.